The molecule has 0 fully saturated rings. The molecular weight excluding hydrogens is 286 g/mol. The minimum absolute atomic E-state index is 0.0314. The van der Waals surface area contributed by atoms with E-state index in [1.54, 1.807) is 13.0 Å². The molecule has 1 unspecified atom stereocenters. The Bertz CT molecular complexity index is 434. The van der Waals surface area contributed by atoms with Gasteiger partial charge in [-0.15, -0.1) is 0 Å². The van der Waals surface area contributed by atoms with E-state index in [0.29, 0.717) is 13.0 Å². The molecule has 0 aromatic heterocycles. The lowest BCUT2D eigenvalue weighted by molar-refractivity contribution is -0.175. The lowest BCUT2D eigenvalue weighted by Crippen LogP contribution is -2.37. The topological polar surface area (TPSA) is 21.3 Å². The molecule has 6 heteroatoms. The van der Waals surface area contributed by atoms with Gasteiger partial charge < -0.3 is 10.1 Å². The molecule has 120 valence electrons. The van der Waals surface area contributed by atoms with Crippen LogP contribution < -0.4 is 5.32 Å². The number of alkyl halides is 3. The summed E-state index contributed by atoms with van der Waals surface area (Å²) in [6.07, 6.45) is -2.94. The van der Waals surface area contributed by atoms with Gasteiger partial charge in [0, 0.05) is 6.04 Å². The molecule has 0 amide bonds. The molecule has 0 aliphatic rings. The molecule has 0 saturated heterocycles. The van der Waals surface area contributed by atoms with Crippen LogP contribution >= 0.6 is 0 Å². The van der Waals surface area contributed by atoms with E-state index in [1.165, 1.54) is 12.1 Å². The Labute approximate surface area is 122 Å². The van der Waals surface area contributed by atoms with Gasteiger partial charge in [-0.05, 0) is 49.6 Å². The van der Waals surface area contributed by atoms with E-state index in [2.05, 4.69) is 5.32 Å². The first kappa shape index (κ1) is 17.9. The maximum absolute atomic E-state index is 13.1. The van der Waals surface area contributed by atoms with Crippen LogP contribution in [0, 0.1) is 12.7 Å². The smallest absolute Gasteiger partial charge is 0.370 e. The number of benzene rings is 1. The van der Waals surface area contributed by atoms with Crippen LogP contribution in [0.5, 0.6) is 0 Å². The van der Waals surface area contributed by atoms with Crippen LogP contribution in [-0.2, 0) is 11.2 Å². The molecule has 21 heavy (non-hydrogen) atoms. The van der Waals surface area contributed by atoms with Gasteiger partial charge in [-0.25, -0.2) is 4.39 Å². The van der Waals surface area contributed by atoms with E-state index in [1.807, 2.05) is 6.92 Å². The summed E-state index contributed by atoms with van der Waals surface area (Å²) >= 11 is 0. The van der Waals surface area contributed by atoms with Crippen molar-refractivity contribution >= 4 is 0 Å². The van der Waals surface area contributed by atoms with Gasteiger partial charge in [0.1, 0.15) is 12.4 Å². The third-order valence-electron chi connectivity index (χ3n) is 3.04. The highest BCUT2D eigenvalue weighted by molar-refractivity contribution is 5.27. The molecule has 0 aliphatic heterocycles. The zero-order valence-electron chi connectivity index (χ0n) is 12.3. The largest absolute Gasteiger partial charge is 0.411 e. The Morgan fingerprint density at radius 3 is 2.57 bits per heavy atom. The van der Waals surface area contributed by atoms with Gasteiger partial charge in [0.25, 0.3) is 0 Å². The van der Waals surface area contributed by atoms with Crippen LogP contribution in [0.15, 0.2) is 18.2 Å². The lowest BCUT2D eigenvalue weighted by Gasteiger charge is -2.20. The first-order valence-corrected chi connectivity index (χ1v) is 6.94. The van der Waals surface area contributed by atoms with Gasteiger partial charge in [0.05, 0.1) is 6.61 Å². The summed E-state index contributed by atoms with van der Waals surface area (Å²) in [7, 11) is 0. The van der Waals surface area contributed by atoms with Crippen LogP contribution in [0.4, 0.5) is 17.6 Å². The Morgan fingerprint density at radius 2 is 2.00 bits per heavy atom. The van der Waals surface area contributed by atoms with Gasteiger partial charge >= 0.3 is 6.18 Å². The first-order chi connectivity index (χ1) is 9.81. The molecule has 0 radical (unpaired) electrons. The van der Waals surface area contributed by atoms with Crippen LogP contribution in [0.1, 0.15) is 24.5 Å². The molecule has 0 aliphatic carbocycles. The average molecular weight is 307 g/mol. The molecule has 1 aromatic rings. The second kappa shape index (κ2) is 8.34. The third-order valence-corrected chi connectivity index (χ3v) is 3.04. The van der Waals surface area contributed by atoms with Crippen LogP contribution in [0.25, 0.3) is 0 Å². The van der Waals surface area contributed by atoms with Gasteiger partial charge in [-0.1, -0.05) is 13.0 Å². The second-order valence-corrected chi connectivity index (χ2v) is 5.06. The highest BCUT2D eigenvalue weighted by atomic mass is 19.4. The summed E-state index contributed by atoms with van der Waals surface area (Å²) in [5, 5.41) is 3.16. The Hall–Kier alpha value is -1.14. The van der Waals surface area contributed by atoms with E-state index in [4.69, 9.17) is 4.74 Å². The lowest BCUT2D eigenvalue weighted by atomic mass is 10.0. The van der Waals surface area contributed by atoms with Crippen molar-refractivity contribution in [3.05, 3.63) is 35.1 Å². The molecule has 1 aromatic carbocycles. The zero-order valence-corrected chi connectivity index (χ0v) is 12.3. The van der Waals surface area contributed by atoms with Crippen LogP contribution in [0.3, 0.4) is 0 Å². The molecule has 2 nitrogen and oxygen atoms in total. The highest BCUT2D eigenvalue weighted by Gasteiger charge is 2.28. The average Bonchev–Trinajstić information content (AvgIpc) is 2.37. The van der Waals surface area contributed by atoms with Crippen molar-refractivity contribution in [1.82, 2.24) is 5.32 Å². The third kappa shape index (κ3) is 7.43. The number of rotatable bonds is 8. The minimum Gasteiger partial charge on any atom is -0.370 e. The van der Waals surface area contributed by atoms with E-state index < -0.39 is 12.8 Å². The number of halogens is 4. The Balaban J connectivity index is 2.60. The van der Waals surface area contributed by atoms with Crippen molar-refractivity contribution in [2.45, 2.75) is 38.9 Å². The molecule has 1 rings (SSSR count). The number of ether oxygens (including phenoxy) is 1. The summed E-state index contributed by atoms with van der Waals surface area (Å²) in [5.41, 5.74) is 1.69. The van der Waals surface area contributed by atoms with Gasteiger partial charge in [-0.3, -0.25) is 0 Å². The van der Waals surface area contributed by atoms with E-state index in [0.717, 1.165) is 17.5 Å². The maximum atomic E-state index is 13.1. The Morgan fingerprint density at radius 1 is 1.29 bits per heavy atom. The predicted octanol–water partition coefficient (Wildman–Crippen LogP) is 3.62. The summed E-state index contributed by atoms with van der Waals surface area (Å²) in [4.78, 5) is 0. The predicted molar refractivity (Wildman–Crippen MR) is 73.8 cm³/mol. The fraction of sp³-hybridized carbons (Fsp3) is 0.600. The minimum atomic E-state index is -4.32. The summed E-state index contributed by atoms with van der Waals surface area (Å²) < 4.78 is 54.1. The molecular formula is C15H21F4NO. The van der Waals surface area contributed by atoms with Crippen molar-refractivity contribution in [2.24, 2.45) is 0 Å². The van der Waals surface area contributed by atoms with E-state index in [-0.39, 0.29) is 18.5 Å². The normalized spacial score (nSPS) is 13.4. The summed E-state index contributed by atoms with van der Waals surface area (Å²) in [6, 6.07) is 4.21. The summed E-state index contributed by atoms with van der Waals surface area (Å²) in [5.74, 6) is -0.317. The van der Waals surface area contributed by atoms with Gasteiger partial charge in [-0.2, -0.15) is 13.2 Å². The zero-order chi connectivity index (χ0) is 15.9. The fourth-order valence-corrected chi connectivity index (χ4v) is 2.01. The highest BCUT2D eigenvalue weighted by Crippen LogP contribution is 2.16. The Kier molecular flexibility index (Phi) is 7.11. The van der Waals surface area contributed by atoms with Crippen molar-refractivity contribution in [2.75, 3.05) is 19.8 Å². The number of hydrogen-bond donors (Lipinski definition) is 1. The molecule has 0 heterocycles. The molecule has 1 atom stereocenters. The number of hydrogen-bond acceptors (Lipinski definition) is 2. The van der Waals surface area contributed by atoms with Crippen molar-refractivity contribution in [1.29, 1.82) is 0 Å². The van der Waals surface area contributed by atoms with Gasteiger partial charge in [0.15, 0.2) is 0 Å². The fourth-order valence-electron chi connectivity index (χ4n) is 2.01. The molecule has 1 N–H and O–H groups in total. The van der Waals surface area contributed by atoms with Crippen molar-refractivity contribution in [3.63, 3.8) is 0 Å². The molecule has 0 saturated carbocycles. The quantitative estimate of drug-likeness (QED) is 0.741. The molecule has 0 spiro atoms. The monoisotopic (exact) mass is 307 g/mol. The second-order valence-electron chi connectivity index (χ2n) is 5.06. The van der Waals surface area contributed by atoms with Crippen LogP contribution in [-0.4, -0.2) is 32.0 Å². The van der Waals surface area contributed by atoms with Crippen LogP contribution in [0.2, 0.25) is 0 Å². The van der Waals surface area contributed by atoms with Gasteiger partial charge in [0.2, 0.25) is 0 Å². The maximum Gasteiger partial charge on any atom is 0.411 e. The van der Waals surface area contributed by atoms with E-state index >= 15 is 0 Å². The SMILES string of the molecule is CCCNC(COCC(F)(F)F)Cc1ccc(F)cc1C. The molecule has 0 bridgehead atoms. The van der Waals surface area contributed by atoms with Crippen molar-refractivity contribution < 1.29 is 22.3 Å². The standard InChI is InChI=1S/C15H21F4NO/c1-3-6-20-14(9-21-10-15(17,18)19)8-12-4-5-13(16)7-11(12)2/h4-5,7,14,20H,3,6,8-10H2,1-2H3. The first-order valence-electron chi connectivity index (χ1n) is 6.94. The number of nitrogens with one attached hydrogen (secondary N) is 1. The number of aryl methyl sites for hydroxylation is 1. The van der Waals surface area contributed by atoms with Crippen molar-refractivity contribution in [3.8, 4) is 0 Å². The van der Waals surface area contributed by atoms with E-state index in [9.17, 15) is 17.6 Å². The summed E-state index contributed by atoms with van der Waals surface area (Å²) in [6.45, 7) is 3.17.